The van der Waals surface area contributed by atoms with Crippen LogP contribution in [0, 0.1) is 0 Å². The van der Waals surface area contributed by atoms with E-state index in [9.17, 15) is 38.4 Å². The van der Waals surface area contributed by atoms with Crippen molar-refractivity contribution in [3.63, 3.8) is 0 Å². The number of carbonyl (C=O) groups is 8. The normalized spacial score (nSPS) is 10.2. The highest BCUT2D eigenvalue weighted by atomic mass is 16.2. The number of primary amides is 1. The summed E-state index contributed by atoms with van der Waals surface area (Å²) in [6.07, 6.45) is 0. The standard InChI is InChI=1S/C24H43N9O8/c1-26-9-18(35)28(3)11-20(37)30(5)13-22(39)32(7)15-24(41)33(8)16-23(40)31(6)14-21(38)29(4)12-19(36)27(2)10-17(25)34/h26H,9-16H2,1-8H3,(H2,25,34). The van der Waals surface area contributed by atoms with E-state index in [4.69, 9.17) is 5.73 Å². The van der Waals surface area contributed by atoms with Crippen molar-refractivity contribution in [1.82, 2.24) is 39.6 Å². The number of carbonyl (C=O) groups excluding carboxylic acids is 8. The summed E-state index contributed by atoms with van der Waals surface area (Å²) in [5, 5.41) is 2.69. The predicted octanol–water partition coefficient (Wildman–Crippen LogP) is -5.10. The van der Waals surface area contributed by atoms with Crippen LogP contribution >= 0.6 is 0 Å². The highest BCUT2D eigenvalue weighted by Gasteiger charge is 2.24. The lowest BCUT2D eigenvalue weighted by Crippen LogP contribution is -2.49. The summed E-state index contributed by atoms with van der Waals surface area (Å²) in [5.41, 5.74) is 5.05. The number of nitrogens with zero attached hydrogens (tertiary/aromatic N) is 7. The van der Waals surface area contributed by atoms with Gasteiger partial charge in [0, 0.05) is 49.3 Å². The van der Waals surface area contributed by atoms with Gasteiger partial charge in [-0.3, -0.25) is 38.4 Å². The number of likely N-dealkylation sites (N-methyl/N-ethyl adjacent to an activating group) is 8. The fourth-order valence-electron chi connectivity index (χ4n) is 3.08. The van der Waals surface area contributed by atoms with Gasteiger partial charge in [-0.05, 0) is 7.05 Å². The van der Waals surface area contributed by atoms with E-state index in [-0.39, 0.29) is 58.3 Å². The molecule has 0 aromatic heterocycles. The molecule has 0 spiro atoms. The van der Waals surface area contributed by atoms with Crippen LogP contribution in [0.3, 0.4) is 0 Å². The molecule has 0 saturated carbocycles. The first-order chi connectivity index (χ1) is 18.9. The summed E-state index contributed by atoms with van der Waals surface area (Å²) in [4.78, 5) is 105. The lowest BCUT2D eigenvalue weighted by atomic mass is 10.3. The Morgan fingerprint density at radius 2 is 0.610 bits per heavy atom. The van der Waals surface area contributed by atoms with Crippen LogP contribution < -0.4 is 11.1 Å². The monoisotopic (exact) mass is 585 g/mol. The van der Waals surface area contributed by atoms with Crippen LogP contribution in [-0.2, 0) is 38.4 Å². The van der Waals surface area contributed by atoms with Gasteiger partial charge in [0.05, 0.1) is 52.4 Å². The number of nitrogens with two attached hydrogens (primary N) is 1. The summed E-state index contributed by atoms with van der Waals surface area (Å²) in [6, 6.07) is 0. The molecule has 0 unspecified atom stereocenters. The molecule has 232 valence electrons. The summed E-state index contributed by atoms with van der Waals surface area (Å²) in [5.74, 6) is -4.15. The molecule has 0 radical (unpaired) electrons. The van der Waals surface area contributed by atoms with E-state index in [2.05, 4.69) is 5.32 Å². The quantitative estimate of drug-likeness (QED) is 0.178. The van der Waals surface area contributed by atoms with Crippen molar-refractivity contribution in [3.8, 4) is 0 Å². The highest BCUT2D eigenvalue weighted by Crippen LogP contribution is 1.98. The van der Waals surface area contributed by atoms with Crippen molar-refractivity contribution < 1.29 is 38.4 Å². The molecule has 0 aliphatic rings. The number of rotatable bonds is 16. The fraction of sp³-hybridized carbons (Fsp3) is 0.667. The molecule has 0 aliphatic heterocycles. The molecule has 0 aliphatic carbocycles. The number of amides is 8. The Kier molecular flexibility index (Phi) is 15.6. The Labute approximate surface area is 240 Å². The minimum Gasteiger partial charge on any atom is -0.368 e. The second-order valence-electron chi connectivity index (χ2n) is 9.75. The van der Waals surface area contributed by atoms with E-state index < -0.39 is 41.4 Å². The molecule has 41 heavy (non-hydrogen) atoms. The lowest BCUT2D eigenvalue weighted by Gasteiger charge is -2.27. The van der Waals surface area contributed by atoms with Gasteiger partial charge in [0.2, 0.25) is 47.3 Å². The first kappa shape index (κ1) is 36.7. The first-order valence-corrected chi connectivity index (χ1v) is 12.5. The van der Waals surface area contributed by atoms with Crippen molar-refractivity contribution in [2.45, 2.75) is 0 Å². The van der Waals surface area contributed by atoms with Crippen molar-refractivity contribution >= 4 is 47.3 Å². The van der Waals surface area contributed by atoms with Crippen molar-refractivity contribution in [1.29, 1.82) is 0 Å². The molecule has 0 aromatic rings. The topological polar surface area (TPSA) is 197 Å². The van der Waals surface area contributed by atoms with E-state index >= 15 is 0 Å². The summed E-state index contributed by atoms with van der Waals surface area (Å²) >= 11 is 0. The SMILES string of the molecule is CNCC(=O)N(C)CC(=O)N(C)CC(=O)N(C)CC(=O)N(C)CC(=O)N(C)CC(=O)N(C)CC(=O)N(C)CC(N)=O. The minimum absolute atomic E-state index is 0.0644. The molecule has 17 heteroatoms. The van der Waals surface area contributed by atoms with Crippen LogP contribution in [0.2, 0.25) is 0 Å². The first-order valence-electron chi connectivity index (χ1n) is 12.5. The van der Waals surface area contributed by atoms with Crippen molar-refractivity contribution in [2.24, 2.45) is 5.73 Å². The van der Waals surface area contributed by atoms with Crippen LogP contribution in [0.25, 0.3) is 0 Å². The van der Waals surface area contributed by atoms with Crippen LogP contribution in [0.4, 0.5) is 0 Å². The van der Waals surface area contributed by atoms with E-state index in [0.717, 1.165) is 29.4 Å². The highest BCUT2D eigenvalue weighted by molar-refractivity contribution is 5.92. The molecule has 0 rings (SSSR count). The average molecular weight is 586 g/mol. The van der Waals surface area contributed by atoms with E-state index in [1.165, 1.54) is 54.2 Å². The zero-order valence-electron chi connectivity index (χ0n) is 25.1. The Balaban J connectivity index is 4.75. The second-order valence-corrected chi connectivity index (χ2v) is 9.75. The van der Waals surface area contributed by atoms with Crippen LogP contribution in [0.15, 0.2) is 0 Å². The van der Waals surface area contributed by atoms with Gasteiger partial charge < -0.3 is 45.3 Å². The average Bonchev–Trinajstić information content (AvgIpc) is 2.87. The smallest absolute Gasteiger partial charge is 0.242 e. The van der Waals surface area contributed by atoms with Crippen molar-refractivity contribution in [2.75, 3.05) is 109 Å². The molecule has 0 saturated heterocycles. The van der Waals surface area contributed by atoms with Crippen LogP contribution in [0.1, 0.15) is 0 Å². The van der Waals surface area contributed by atoms with Gasteiger partial charge in [-0.1, -0.05) is 0 Å². The van der Waals surface area contributed by atoms with Gasteiger partial charge in [0.15, 0.2) is 0 Å². The molecular formula is C24H43N9O8. The third-order valence-electron chi connectivity index (χ3n) is 5.94. The summed E-state index contributed by atoms with van der Waals surface area (Å²) in [7, 11) is 11.3. The van der Waals surface area contributed by atoms with E-state index in [1.807, 2.05) is 0 Å². The molecule has 0 fully saturated rings. The summed E-state index contributed by atoms with van der Waals surface area (Å²) < 4.78 is 0. The number of hydrogen-bond donors (Lipinski definition) is 2. The van der Waals surface area contributed by atoms with Gasteiger partial charge in [-0.25, -0.2) is 0 Å². The van der Waals surface area contributed by atoms with Gasteiger partial charge in [0.1, 0.15) is 0 Å². The molecular weight excluding hydrogens is 542 g/mol. The molecule has 8 amide bonds. The third-order valence-corrected chi connectivity index (χ3v) is 5.94. The molecule has 0 aromatic carbocycles. The summed E-state index contributed by atoms with van der Waals surface area (Å²) in [6.45, 7) is -2.20. The minimum atomic E-state index is -0.699. The van der Waals surface area contributed by atoms with Crippen LogP contribution in [0.5, 0.6) is 0 Å². The zero-order valence-corrected chi connectivity index (χ0v) is 25.1. The van der Waals surface area contributed by atoms with E-state index in [1.54, 1.807) is 7.05 Å². The Morgan fingerprint density at radius 3 is 0.805 bits per heavy atom. The van der Waals surface area contributed by atoms with Gasteiger partial charge >= 0.3 is 0 Å². The zero-order chi connectivity index (χ0) is 32.0. The molecule has 0 heterocycles. The Hall–Kier alpha value is -4.28. The van der Waals surface area contributed by atoms with Crippen LogP contribution in [-0.4, -0.2) is 190 Å². The fourth-order valence-corrected chi connectivity index (χ4v) is 3.08. The molecule has 3 N–H and O–H groups in total. The maximum absolute atomic E-state index is 12.6. The number of nitrogens with one attached hydrogen (secondary N) is 1. The van der Waals surface area contributed by atoms with Gasteiger partial charge in [-0.15, -0.1) is 0 Å². The molecule has 0 bridgehead atoms. The Morgan fingerprint density at radius 1 is 0.415 bits per heavy atom. The van der Waals surface area contributed by atoms with Gasteiger partial charge in [-0.2, -0.15) is 0 Å². The predicted molar refractivity (Wildman–Crippen MR) is 147 cm³/mol. The van der Waals surface area contributed by atoms with Gasteiger partial charge in [0.25, 0.3) is 0 Å². The molecule has 17 nitrogen and oxygen atoms in total. The Bertz CT molecular complexity index is 1010. The third kappa shape index (κ3) is 13.6. The maximum atomic E-state index is 12.6. The van der Waals surface area contributed by atoms with Crippen molar-refractivity contribution in [3.05, 3.63) is 0 Å². The van der Waals surface area contributed by atoms with E-state index in [0.29, 0.717) is 0 Å². The second kappa shape index (κ2) is 17.4. The maximum Gasteiger partial charge on any atom is 0.242 e. The number of hydrogen-bond acceptors (Lipinski definition) is 9. The largest absolute Gasteiger partial charge is 0.368 e. The molecule has 0 atom stereocenters. The lowest BCUT2D eigenvalue weighted by molar-refractivity contribution is -0.146.